The van der Waals surface area contributed by atoms with E-state index < -0.39 is 0 Å². The smallest absolute Gasteiger partial charge is 0.255 e. The van der Waals surface area contributed by atoms with E-state index in [-0.39, 0.29) is 17.9 Å². The summed E-state index contributed by atoms with van der Waals surface area (Å²) in [6.07, 6.45) is 1.88. The summed E-state index contributed by atoms with van der Waals surface area (Å²) in [5, 5.41) is 5.78. The van der Waals surface area contributed by atoms with Gasteiger partial charge in [0.1, 0.15) is 11.8 Å². The van der Waals surface area contributed by atoms with E-state index in [4.69, 9.17) is 4.74 Å². The Morgan fingerprint density at radius 3 is 2.96 bits per heavy atom. The Balaban J connectivity index is 1.61. The van der Waals surface area contributed by atoms with Crippen LogP contribution in [-0.2, 0) is 4.79 Å². The molecule has 1 fully saturated rings. The fourth-order valence-electron chi connectivity index (χ4n) is 3.51. The third kappa shape index (κ3) is 2.69. The van der Waals surface area contributed by atoms with Crippen molar-refractivity contribution in [3.05, 3.63) is 48.0 Å². The van der Waals surface area contributed by atoms with E-state index in [0.29, 0.717) is 22.7 Å². The van der Waals surface area contributed by atoms with E-state index in [1.54, 1.807) is 31.4 Å². The van der Waals surface area contributed by atoms with Gasteiger partial charge in [-0.1, -0.05) is 12.1 Å². The van der Waals surface area contributed by atoms with Gasteiger partial charge >= 0.3 is 0 Å². The highest BCUT2D eigenvalue weighted by atomic mass is 16.5. The normalized spacial score (nSPS) is 18.2. The van der Waals surface area contributed by atoms with E-state index in [2.05, 4.69) is 15.5 Å². The van der Waals surface area contributed by atoms with Gasteiger partial charge in [-0.25, -0.2) is 0 Å². The molecule has 6 heteroatoms. The van der Waals surface area contributed by atoms with E-state index in [9.17, 15) is 9.59 Å². The second-order valence-electron chi connectivity index (χ2n) is 6.23. The molecule has 2 heterocycles. The minimum absolute atomic E-state index is 0.00675. The van der Waals surface area contributed by atoms with Gasteiger partial charge in [-0.15, -0.1) is 0 Å². The molecule has 6 nitrogen and oxygen atoms in total. The summed E-state index contributed by atoms with van der Waals surface area (Å²) in [5.74, 6) is 0.361. The number of ether oxygens (including phenoxy) is 1. The van der Waals surface area contributed by atoms with Crippen LogP contribution in [0.5, 0.6) is 5.75 Å². The predicted molar refractivity (Wildman–Crippen MR) is 96.4 cm³/mol. The van der Waals surface area contributed by atoms with Gasteiger partial charge in [-0.05, 0) is 43.2 Å². The number of nitrogens with zero attached hydrogens (tertiary/aromatic N) is 1. The number of carbonyl (C=O) groups is 2. The third-order valence-electron chi connectivity index (χ3n) is 4.74. The number of anilines is 3. The molecular formula is C19H19N3O3. The van der Waals surface area contributed by atoms with Gasteiger partial charge in [0, 0.05) is 12.1 Å². The van der Waals surface area contributed by atoms with Gasteiger partial charge in [-0.2, -0.15) is 0 Å². The molecule has 2 aliphatic heterocycles. The van der Waals surface area contributed by atoms with Gasteiger partial charge in [0.25, 0.3) is 5.91 Å². The van der Waals surface area contributed by atoms with Crippen molar-refractivity contribution < 1.29 is 14.3 Å². The Morgan fingerprint density at radius 2 is 2.12 bits per heavy atom. The molecule has 1 saturated heterocycles. The first-order valence-electron chi connectivity index (χ1n) is 8.33. The van der Waals surface area contributed by atoms with Crippen LogP contribution in [0, 0.1) is 0 Å². The summed E-state index contributed by atoms with van der Waals surface area (Å²) in [6.45, 7) is 0.873. The summed E-state index contributed by atoms with van der Waals surface area (Å²) in [7, 11) is 1.56. The SMILES string of the molecule is COc1ccccc1NC(=O)c1ccc2c(c1)NC(=O)[C@@H]1CCCN21. The van der Waals surface area contributed by atoms with Crippen molar-refractivity contribution in [3.8, 4) is 5.75 Å². The summed E-state index contributed by atoms with van der Waals surface area (Å²) >= 11 is 0. The number of hydrogen-bond acceptors (Lipinski definition) is 4. The molecule has 0 radical (unpaired) electrons. The fourth-order valence-corrected chi connectivity index (χ4v) is 3.51. The molecule has 0 aliphatic carbocycles. The maximum Gasteiger partial charge on any atom is 0.255 e. The van der Waals surface area contributed by atoms with Crippen molar-refractivity contribution >= 4 is 28.9 Å². The highest BCUT2D eigenvalue weighted by molar-refractivity contribution is 6.09. The van der Waals surface area contributed by atoms with E-state index in [1.807, 2.05) is 18.2 Å². The highest BCUT2D eigenvalue weighted by Crippen LogP contribution is 2.37. The van der Waals surface area contributed by atoms with Gasteiger partial charge in [-0.3, -0.25) is 9.59 Å². The van der Waals surface area contributed by atoms with Crippen molar-refractivity contribution in [1.29, 1.82) is 0 Å². The molecule has 2 N–H and O–H groups in total. The number of methoxy groups -OCH3 is 1. The number of fused-ring (bicyclic) bond motifs is 3. The van der Waals surface area contributed by atoms with Gasteiger partial charge < -0.3 is 20.3 Å². The molecule has 1 atom stereocenters. The second-order valence-corrected chi connectivity index (χ2v) is 6.23. The van der Waals surface area contributed by atoms with Crippen LogP contribution >= 0.6 is 0 Å². The number of hydrogen-bond donors (Lipinski definition) is 2. The zero-order valence-electron chi connectivity index (χ0n) is 13.9. The number of carbonyl (C=O) groups excluding carboxylic acids is 2. The maximum atomic E-state index is 12.6. The molecule has 0 unspecified atom stereocenters. The molecule has 0 spiro atoms. The van der Waals surface area contributed by atoms with Crippen LogP contribution in [0.15, 0.2) is 42.5 Å². The quantitative estimate of drug-likeness (QED) is 0.903. The first-order chi connectivity index (χ1) is 12.2. The topological polar surface area (TPSA) is 70.7 Å². The molecule has 2 aromatic rings. The number of nitrogens with one attached hydrogen (secondary N) is 2. The van der Waals surface area contributed by atoms with Crippen LogP contribution in [0.4, 0.5) is 17.1 Å². The van der Waals surface area contributed by atoms with Crippen molar-refractivity contribution in [3.63, 3.8) is 0 Å². The van der Waals surface area contributed by atoms with Gasteiger partial charge in [0.2, 0.25) is 5.91 Å². The zero-order chi connectivity index (χ0) is 17.4. The second kappa shape index (κ2) is 6.12. The van der Waals surface area contributed by atoms with Crippen LogP contribution in [0.1, 0.15) is 23.2 Å². The minimum atomic E-state index is -0.245. The monoisotopic (exact) mass is 337 g/mol. The molecule has 2 aliphatic rings. The Kier molecular flexibility index (Phi) is 3.80. The summed E-state index contributed by atoms with van der Waals surface area (Å²) in [6, 6.07) is 12.6. The number of amides is 2. The molecule has 2 aromatic carbocycles. The number of para-hydroxylation sites is 2. The molecule has 25 heavy (non-hydrogen) atoms. The predicted octanol–water partition coefficient (Wildman–Crippen LogP) is 2.87. The van der Waals surface area contributed by atoms with Gasteiger partial charge in [0.05, 0.1) is 24.2 Å². The Hall–Kier alpha value is -3.02. The lowest BCUT2D eigenvalue weighted by atomic mass is 10.1. The van der Waals surface area contributed by atoms with Crippen LogP contribution in [-0.4, -0.2) is 31.5 Å². The van der Waals surface area contributed by atoms with Crippen molar-refractivity contribution in [2.45, 2.75) is 18.9 Å². The Morgan fingerprint density at radius 1 is 1.28 bits per heavy atom. The lowest BCUT2D eigenvalue weighted by Gasteiger charge is -2.33. The standard InChI is InChI=1S/C19H19N3O3/c1-25-17-7-3-2-5-13(17)20-18(23)12-8-9-15-14(11-12)21-19(24)16-6-4-10-22(15)16/h2-3,5,7-9,11,16H,4,6,10H2,1H3,(H,20,23)(H,21,24)/t16-/m0/s1. The average molecular weight is 337 g/mol. The van der Waals surface area contributed by atoms with Crippen LogP contribution in [0.25, 0.3) is 0 Å². The van der Waals surface area contributed by atoms with Crippen molar-refractivity contribution in [1.82, 2.24) is 0 Å². The number of benzene rings is 2. The zero-order valence-corrected chi connectivity index (χ0v) is 13.9. The lowest BCUT2D eigenvalue weighted by Crippen LogP contribution is -2.43. The Labute approximate surface area is 145 Å². The highest BCUT2D eigenvalue weighted by Gasteiger charge is 2.36. The summed E-state index contributed by atoms with van der Waals surface area (Å²) in [5.41, 5.74) is 2.77. The van der Waals surface area contributed by atoms with Crippen LogP contribution in [0.2, 0.25) is 0 Å². The summed E-state index contributed by atoms with van der Waals surface area (Å²) < 4.78 is 5.26. The van der Waals surface area contributed by atoms with Crippen molar-refractivity contribution in [2.75, 3.05) is 29.2 Å². The van der Waals surface area contributed by atoms with Crippen molar-refractivity contribution in [2.24, 2.45) is 0 Å². The van der Waals surface area contributed by atoms with E-state index in [0.717, 1.165) is 25.1 Å². The first-order valence-corrected chi connectivity index (χ1v) is 8.33. The number of rotatable bonds is 3. The van der Waals surface area contributed by atoms with Gasteiger partial charge in [0.15, 0.2) is 0 Å². The average Bonchev–Trinajstić information content (AvgIpc) is 3.12. The van der Waals surface area contributed by atoms with Crippen LogP contribution in [0.3, 0.4) is 0 Å². The molecule has 128 valence electrons. The first kappa shape index (κ1) is 15.5. The maximum absolute atomic E-state index is 12.6. The minimum Gasteiger partial charge on any atom is -0.495 e. The molecule has 0 bridgehead atoms. The Bertz CT molecular complexity index is 850. The van der Waals surface area contributed by atoms with Crippen LogP contribution < -0.4 is 20.3 Å². The molecule has 2 amide bonds. The molecule has 0 aromatic heterocycles. The summed E-state index contributed by atoms with van der Waals surface area (Å²) in [4.78, 5) is 26.9. The lowest BCUT2D eigenvalue weighted by molar-refractivity contribution is -0.117. The third-order valence-corrected chi connectivity index (χ3v) is 4.74. The van der Waals surface area contributed by atoms with E-state index >= 15 is 0 Å². The molecular weight excluding hydrogens is 318 g/mol. The van der Waals surface area contributed by atoms with E-state index in [1.165, 1.54) is 0 Å². The largest absolute Gasteiger partial charge is 0.495 e. The molecule has 0 saturated carbocycles. The molecule has 4 rings (SSSR count). The fraction of sp³-hybridized carbons (Fsp3) is 0.263.